The summed E-state index contributed by atoms with van der Waals surface area (Å²) in [6, 6.07) is 0. The summed E-state index contributed by atoms with van der Waals surface area (Å²) in [6.45, 7) is 4.37. The number of aromatic nitrogens is 1. The third-order valence-electron chi connectivity index (χ3n) is 3.88. The molecule has 1 saturated carbocycles. The van der Waals surface area contributed by atoms with E-state index < -0.39 is 0 Å². The lowest BCUT2D eigenvalue weighted by atomic mass is 9.91. The Morgan fingerprint density at radius 1 is 1.22 bits per heavy atom. The highest BCUT2D eigenvalue weighted by Gasteiger charge is 2.10. The standard InChI is InChI=1S/C15H26N2S/c1-13-17-15(12-18-13)9-10-16-11-14-7-5-3-2-4-6-8-14/h12,14,16H,2-11H2,1H3. The van der Waals surface area contributed by atoms with E-state index >= 15 is 0 Å². The maximum atomic E-state index is 4.50. The predicted molar refractivity (Wildman–Crippen MR) is 79.2 cm³/mol. The van der Waals surface area contributed by atoms with Gasteiger partial charge < -0.3 is 5.32 Å². The van der Waals surface area contributed by atoms with Crippen LogP contribution in [0.15, 0.2) is 5.38 Å². The highest BCUT2D eigenvalue weighted by atomic mass is 32.1. The zero-order valence-corrected chi connectivity index (χ0v) is 12.4. The molecule has 102 valence electrons. The first kappa shape index (κ1) is 14.0. The molecule has 0 aliphatic heterocycles. The highest BCUT2D eigenvalue weighted by molar-refractivity contribution is 7.09. The summed E-state index contributed by atoms with van der Waals surface area (Å²) in [5.41, 5.74) is 1.25. The van der Waals surface area contributed by atoms with Crippen molar-refractivity contribution in [3.05, 3.63) is 16.1 Å². The Hall–Kier alpha value is -0.410. The molecule has 0 bridgehead atoms. The third kappa shape index (κ3) is 5.07. The second-order valence-corrected chi connectivity index (χ2v) is 6.59. The second-order valence-electron chi connectivity index (χ2n) is 5.52. The number of nitrogens with one attached hydrogen (secondary N) is 1. The molecular weight excluding hydrogens is 240 g/mol. The molecule has 1 aromatic heterocycles. The average molecular weight is 266 g/mol. The van der Waals surface area contributed by atoms with Crippen molar-refractivity contribution in [3.8, 4) is 0 Å². The van der Waals surface area contributed by atoms with Gasteiger partial charge in [-0.25, -0.2) is 4.98 Å². The maximum Gasteiger partial charge on any atom is 0.0897 e. The molecule has 18 heavy (non-hydrogen) atoms. The fourth-order valence-corrected chi connectivity index (χ4v) is 3.44. The van der Waals surface area contributed by atoms with Gasteiger partial charge in [-0.1, -0.05) is 32.1 Å². The van der Waals surface area contributed by atoms with Crippen molar-refractivity contribution < 1.29 is 0 Å². The monoisotopic (exact) mass is 266 g/mol. The zero-order chi connectivity index (χ0) is 12.6. The molecule has 0 saturated heterocycles. The van der Waals surface area contributed by atoms with E-state index in [9.17, 15) is 0 Å². The van der Waals surface area contributed by atoms with Crippen molar-refractivity contribution in [2.45, 2.75) is 58.3 Å². The van der Waals surface area contributed by atoms with E-state index in [4.69, 9.17) is 0 Å². The van der Waals surface area contributed by atoms with E-state index in [0.717, 1.165) is 18.9 Å². The minimum Gasteiger partial charge on any atom is -0.316 e. The quantitative estimate of drug-likeness (QED) is 0.816. The smallest absolute Gasteiger partial charge is 0.0897 e. The first-order valence-electron chi connectivity index (χ1n) is 7.46. The Morgan fingerprint density at radius 3 is 2.61 bits per heavy atom. The minimum atomic E-state index is 0.919. The van der Waals surface area contributed by atoms with Gasteiger partial charge in [0.05, 0.1) is 10.7 Å². The highest BCUT2D eigenvalue weighted by Crippen LogP contribution is 2.21. The van der Waals surface area contributed by atoms with Gasteiger partial charge in [0.15, 0.2) is 0 Å². The summed E-state index contributed by atoms with van der Waals surface area (Å²) in [4.78, 5) is 4.50. The molecule has 0 amide bonds. The molecule has 0 spiro atoms. The molecule has 1 aliphatic carbocycles. The lowest BCUT2D eigenvalue weighted by molar-refractivity contribution is 0.362. The number of rotatable bonds is 5. The largest absolute Gasteiger partial charge is 0.316 e. The van der Waals surface area contributed by atoms with Crippen LogP contribution in [0, 0.1) is 12.8 Å². The summed E-state index contributed by atoms with van der Waals surface area (Å²) in [6.07, 6.45) is 11.2. The van der Waals surface area contributed by atoms with Crippen LogP contribution >= 0.6 is 11.3 Å². The summed E-state index contributed by atoms with van der Waals surface area (Å²) >= 11 is 1.76. The molecule has 1 aliphatic rings. The van der Waals surface area contributed by atoms with E-state index in [1.807, 2.05) is 0 Å². The topological polar surface area (TPSA) is 24.9 Å². The summed E-state index contributed by atoms with van der Waals surface area (Å²) in [5.74, 6) is 0.919. The van der Waals surface area contributed by atoms with Gasteiger partial charge in [-0.2, -0.15) is 0 Å². The van der Waals surface area contributed by atoms with E-state index in [-0.39, 0.29) is 0 Å². The van der Waals surface area contributed by atoms with Gasteiger partial charge in [0, 0.05) is 18.3 Å². The van der Waals surface area contributed by atoms with Crippen LogP contribution in [-0.2, 0) is 6.42 Å². The van der Waals surface area contributed by atoms with Gasteiger partial charge in [-0.05, 0) is 32.2 Å². The van der Waals surface area contributed by atoms with Crippen LogP contribution in [0.4, 0.5) is 0 Å². The molecule has 1 N–H and O–H groups in total. The fraction of sp³-hybridized carbons (Fsp3) is 0.800. The van der Waals surface area contributed by atoms with Crippen LogP contribution in [-0.4, -0.2) is 18.1 Å². The Labute approximate surface area is 115 Å². The summed E-state index contributed by atoms with van der Waals surface area (Å²) in [5, 5.41) is 7.00. The fourth-order valence-electron chi connectivity index (χ4n) is 2.79. The molecule has 3 heteroatoms. The van der Waals surface area contributed by atoms with Gasteiger partial charge >= 0.3 is 0 Å². The first-order chi connectivity index (χ1) is 8.84. The van der Waals surface area contributed by atoms with E-state index in [2.05, 4.69) is 22.6 Å². The molecule has 1 fully saturated rings. The molecule has 1 aromatic rings. The van der Waals surface area contributed by atoms with Crippen LogP contribution in [0.3, 0.4) is 0 Å². The van der Waals surface area contributed by atoms with Crippen molar-refractivity contribution >= 4 is 11.3 Å². The summed E-state index contributed by atoms with van der Waals surface area (Å²) < 4.78 is 0. The number of aryl methyl sites for hydroxylation is 1. The first-order valence-corrected chi connectivity index (χ1v) is 8.34. The van der Waals surface area contributed by atoms with Gasteiger partial charge in [-0.15, -0.1) is 11.3 Å². The molecule has 0 radical (unpaired) electrons. The molecule has 0 atom stereocenters. The van der Waals surface area contributed by atoms with Crippen LogP contribution in [0.1, 0.15) is 55.6 Å². The molecule has 0 aromatic carbocycles. The van der Waals surface area contributed by atoms with Crippen LogP contribution in [0.2, 0.25) is 0 Å². The van der Waals surface area contributed by atoms with Crippen molar-refractivity contribution in [3.63, 3.8) is 0 Å². The zero-order valence-electron chi connectivity index (χ0n) is 11.6. The van der Waals surface area contributed by atoms with Crippen LogP contribution in [0.5, 0.6) is 0 Å². The predicted octanol–water partition coefficient (Wildman–Crippen LogP) is 3.94. The molecule has 2 rings (SSSR count). The summed E-state index contributed by atoms with van der Waals surface area (Å²) in [7, 11) is 0. The van der Waals surface area contributed by atoms with Crippen LogP contribution < -0.4 is 5.32 Å². The Kier molecular flexibility index (Phi) is 6.15. The Bertz CT molecular complexity index is 327. The van der Waals surface area contributed by atoms with Gasteiger partial charge in [0.1, 0.15) is 0 Å². The third-order valence-corrected chi connectivity index (χ3v) is 4.70. The number of hydrogen-bond acceptors (Lipinski definition) is 3. The number of nitrogens with zero attached hydrogens (tertiary/aromatic N) is 1. The van der Waals surface area contributed by atoms with Crippen molar-refractivity contribution in [2.24, 2.45) is 5.92 Å². The van der Waals surface area contributed by atoms with E-state index in [1.54, 1.807) is 11.3 Å². The number of thiazole rings is 1. The van der Waals surface area contributed by atoms with Crippen molar-refractivity contribution in [2.75, 3.05) is 13.1 Å². The molecule has 1 heterocycles. The Morgan fingerprint density at radius 2 is 1.94 bits per heavy atom. The number of hydrogen-bond donors (Lipinski definition) is 1. The Balaban J connectivity index is 1.59. The minimum absolute atomic E-state index is 0.919. The average Bonchev–Trinajstić information content (AvgIpc) is 2.72. The van der Waals surface area contributed by atoms with Gasteiger partial charge in [-0.3, -0.25) is 0 Å². The van der Waals surface area contributed by atoms with Crippen molar-refractivity contribution in [1.29, 1.82) is 0 Å². The molecule has 0 unspecified atom stereocenters. The van der Waals surface area contributed by atoms with Crippen molar-refractivity contribution in [1.82, 2.24) is 10.3 Å². The SMILES string of the molecule is Cc1nc(CCNCC2CCCCCCC2)cs1. The van der Waals surface area contributed by atoms with E-state index in [1.165, 1.54) is 62.2 Å². The lowest BCUT2D eigenvalue weighted by Gasteiger charge is -2.19. The second kappa shape index (κ2) is 7.90. The lowest BCUT2D eigenvalue weighted by Crippen LogP contribution is -2.25. The van der Waals surface area contributed by atoms with Gasteiger partial charge in [0.25, 0.3) is 0 Å². The van der Waals surface area contributed by atoms with E-state index in [0.29, 0.717) is 0 Å². The normalized spacial score (nSPS) is 18.5. The van der Waals surface area contributed by atoms with Gasteiger partial charge in [0.2, 0.25) is 0 Å². The molecule has 2 nitrogen and oxygen atoms in total. The maximum absolute atomic E-state index is 4.50. The molecular formula is C15H26N2S. The van der Waals surface area contributed by atoms with Crippen LogP contribution in [0.25, 0.3) is 0 Å².